The lowest BCUT2D eigenvalue weighted by molar-refractivity contribution is 0.138. The summed E-state index contributed by atoms with van der Waals surface area (Å²) in [5, 5.41) is 0. The Hall–Kier alpha value is -2.14. The van der Waals surface area contributed by atoms with E-state index in [9.17, 15) is 4.79 Å². The minimum atomic E-state index is 0.0883. The highest BCUT2D eigenvalue weighted by Gasteiger charge is 2.32. The van der Waals surface area contributed by atoms with Gasteiger partial charge in [-0.25, -0.2) is 4.98 Å². The van der Waals surface area contributed by atoms with E-state index in [-0.39, 0.29) is 5.56 Å². The van der Waals surface area contributed by atoms with Crippen molar-refractivity contribution in [2.24, 2.45) is 0 Å². The topological polar surface area (TPSA) is 41.4 Å². The molecule has 0 radical (unpaired) electrons. The molecule has 1 aromatic heterocycles. The lowest BCUT2D eigenvalue weighted by atomic mass is 10.1. The van der Waals surface area contributed by atoms with Crippen molar-refractivity contribution in [2.45, 2.75) is 65.6 Å². The van der Waals surface area contributed by atoms with Gasteiger partial charge < -0.3 is 0 Å². The SMILES string of the molecule is CCc1ccc(N2CN(C3CCCC3)Cn3c2nc(C)c(C)c3=O)cc1. The first-order valence-electron chi connectivity index (χ1n) is 9.77. The maximum Gasteiger partial charge on any atom is 0.259 e. The van der Waals surface area contributed by atoms with Gasteiger partial charge in [0.1, 0.15) is 0 Å². The van der Waals surface area contributed by atoms with Crippen LogP contribution in [-0.2, 0) is 13.1 Å². The molecule has 0 amide bonds. The second kappa shape index (κ2) is 6.88. The van der Waals surface area contributed by atoms with Crippen LogP contribution in [0.5, 0.6) is 0 Å². The summed E-state index contributed by atoms with van der Waals surface area (Å²) in [6.45, 7) is 7.42. The van der Waals surface area contributed by atoms with E-state index >= 15 is 0 Å². The number of benzene rings is 1. The van der Waals surface area contributed by atoms with Crippen molar-refractivity contribution in [1.29, 1.82) is 0 Å². The van der Waals surface area contributed by atoms with Crippen LogP contribution in [0.3, 0.4) is 0 Å². The molecule has 138 valence electrons. The normalized spacial score (nSPS) is 18.3. The van der Waals surface area contributed by atoms with Gasteiger partial charge >= 0.3 is 0 Å². The molecule has 1 aliphatic heterocycles. The molecule has 5 heteroatoms. The summed E-state index contributed by atoms with van der Waals surface area (Å²) >= 11 is 0. The third-order valence-electron chi connectivity index (χ3n) is 6.00. The second-order valence-electron chi connectivity index (χ2n) is 7.61. The molecule has 0 saturated heterocycles. The number of aromatic nitrogens is 2. The molecule has 2 aliphatic rings. The molecule has 0 atom stereocenters. The molecule has 5 nitrogen and oxygen atoms in total. The number of rotatable bonds is 3. The number of nitrogens with zero attached hydrogens (tertiary/aromatic N) is 4. The molecule has 2 heterocycles. The Kier molecular flexibility index (Phi) is 4.57. The summed E-state index contributed by atoms with van der Waals surface area (Å²) in [5.41, 5.74) is 4.09. The number of anilines is 2. The molecule has 0 N–H and O–H groups in total. The molecule has 1 aliphatic carbocycles. The zero-order valence-electron chi connectivity index (χ0n) is 16.0. The molecule has 1 fully saturated rings. The highest BCUT2D eigenvalue weighted by atomic mass is 16.1. The van der Waals surface area contributed by atoms with E-state index in [1.807, 2.05) is 18.4 Å². The first kappa shape index (κ1) is 17.3. The fourth-order valence-corrected chi connectivity index (χ4v) is 4.16. The van der Waals surface area contributed by atoms with Gasteiger partial charge in [0.2, 0.25) is 5.95 Å². The van der Waals surface area contributed by atoms with Crippen molar-refractivity contribution < 1.29 is 0 Å². The average Bonchev–Trinajstić information content (AvgIpc) is 3.21. The van der Waals surface area contributed by atoms with Crippen LogP contribution in [0.1, 0.15) is 49.4 Å². The molecule has 26 heavy (non-hydrogen) atoms. The monoisotopic (exact) mass is 352 g/mol. The Bertz CT molecular complexity index is 850. The second-order valence-corrected chi connectivity index (χ2v) is 7.61. The predicted molar refractivity (Wildman–Crippen MR) is 105 cm³/mol. The van der Waals surface area contributed by atoms with Crippen LogP contribution in [-0.4, -0.2) is 27.2 Å². The predicted octanol–water partition coefficient (Wildman–Crippen LogP) is 3.73. The van der Waals surface area contributed by atoms with Crippen LogP contribution in [0.25, 0.3) is 0 Å². The van der Waals surface area contributed by atoms with Crippen LogP contribution >= 0.6 is 0 Å². The van der Waals surface area contributed by atoms with Crippen molar-refractivity contribution in [3.05, 3.63) is 51.4 Å². The first-order valence-corrected chi connectivity index (χ1v) is 9.77. The summed E-state index contributed by atoms with van der Waals surface area (Å²) in [4.78, 5) is 22.4. The highest BCUT2D eigenvalue weighted by Crippen LogP contribution is 2.32. The van der Waals surface area contributed by atoms with E-state index in [1.54, 1.807) is 0 Å². The van der Waals surface area contributed by atoms with E-state index in [0.29, 0.717) is 12.7 Å². The van der Waals surface area contributed by atoms with Gasteiger partial charge in [-0.05, 0) is 50.8 Å². The molecule has 2 aromatic rings. The number of hydrogen-bond acceptors (Lipinski definition) is 4. The molecule has 1 aromatic carbocycles. The van der Waals surface area contributed by atoms with Crippen LogP contribution in [0, 0.1) is 13.8 Å². The summed E-state index contributed by atoms with van der Waals surface area (Å²) in [5.74, 6) is 0.775. The van der Waals surface area contributed by atoms with E-state index in [4.69, 9.17) is 4.98 Å². The lowest BCUT2D eigenvalue weighted by Crippen LogP contribution is -2.50. The largest absolute Gasteiger partial charge is 0.298 e. The number of aryl methyl sites for hydroxylation is 2. The van der Waals surface area contributed by atoms with Crippen molar-refractivity contribution in [2.75, 3.05) is 11.6 Å². The Morgan fingerprint density at radius 1 is 1.08 bits per heavy atom. The fraction of sp³-hybridized carbons (Fsp3) is 0.524. The fourth-order valence-electron chi connectivity index (χ4n) is 4.16. The van der Waals surface area contributed by atoms with E-state index in [0.717, 1.165) is 36.0 Å². The van der Waals surface area contributed by atoms with Gasteiger partial charge in [0, 0.05) is 23.0 Å². The zero-order chi connectivity index (χ0) is 18.3. The van der Waals surface area contributed by atoms with E-state index in [2.05, 4.69) is 41.0 Å². The van der Waals surface area contributed by atoms with Gasteiger partial charge in [0.15, 0.2) is 0 Å². The standard InChI is InChI=1S/C21H28N4O/c1-4-17-9-11-19(12-10-17)24-13-23(18-7-5-6-8-18)14-25-20(26)15(2)16(3)22-21(24)25/h9-12,18H,4-8,13-14H2,1-3H3. The molecular weight excluding hydrogens is 324 g/mol. The molecule has 1 saturated carbocycles. The third-order valence-corrected chi connectivity index (χ3v) is 6.00. The van der Waals surface area contributed by atoms with Crippen LogP contribution in [0.15, 0.2) is 29.1 Å². The maximum atomic E-state index is 12.9. The van der Waals surface area contributed by atoms with Gasteiger partial charge in [-0.3, -0.25) is 19.2 Å². The summed E-state index contributed by atoms with van der Waals surface area (Å²) in [6, 6.07) is 9.22. The summed E-state index contributed by atoms with van der Waals surface area (Å²) in [7, 11) is 0. The van der Waals surface area contributed by atoms with Gasteiger partial charge in [-0.2, -0.15) is 0 Å². The zero-order valence-corrected chi connectivity index (χ0v) is 16.0. The summed E-state index contributed by atoms with van der Waals surface area (Å²) in [6.07, 6.45) is 6.07. The Labute approximate surface area is 155 Å². The van der Waals surface area contributed by atoms with Crippen molar-refractivity contribution in [3.63, 3.8) is 0 Å². The molecule has 0 spiro atoms. The Morgan fingerprint density at radius 2 is 1.77 bits per heavy atom. The Morgan fingerprint density at radius 3 is 2.42 bits per heavy atom. The van der Waals surface area contributed by atoms with Gasteiger partial charge in [-0.1, -0.05) is 31.9 Å². The lowest BCUT2D eigenvalue weighted by Gasteiger charge is -2.41. The molecule has 4 rings (SSSR count). The minimum Gasteiger partial charge on any atom is -0.298 e. The van der Waals surface area contributed by atoms with Crippen molar-refractivity contribution in [3.8, 4) is 0 Å². The van der Waals surface area contributed by atoms with E-state index in [1.165, 1.54) is 31.2 Å². The molecule has 0 bridgehead atoms. The van der Waals surface area contributed by atoms with Crippen LogP contribution in [0.2, 0.25) is 0 Å². The van der Waals surface area contributed by atoms with Crippen LogP contribution in [0.4, 0.5) is 11.6 Å². The highest BCUT2D eigenvalue weighted by molar-refractivity contribution is 5.59. The third kappa shape index (κ3) is 2.94. The average molecular weight is 352 g/mol. The molecule has 0 unspecified atom stereocenters. The summed E-state index contributed by atoms with van der Waals surface area (Å²) < 4.78 is 1.86. The van der Waals surface area contributed by atoms with Gasteiger partial charge in [0.25, 0.3) is 5.56 Å². The van der Waals surface area contributed by atoms with E-state index < -0.39 is 0 Å². The quantitative estimate of drug-likeness (QED) is 0.844. The number of fused-ring (bicyclic) bond motifs is 1. The van der Waals surface area contributed by atoms with Crippen LogP contribution < -0.4 is 10.5 Å². The number of hydrogen-bond donors (Lipinski definition) is 0. The molecular formula is C21H28N4O. The smallest absolute Gasteiger partial charge is 0.259 e. The van der Waals surface area contributed by atoms with Gasteiger partial charge in [-0.15, -0.1) is 0 Å². The first-order chi connectivity index (χ1) is 12.6. The van der Waals surface area contributed by atoms with Gasteiger partial charge in [0.05, 0.1) is 13.3 Å². The Balaban J connectivity index is 1.79. The van der Waals surface area contributed by atoms with Crippen molar-refractivity contribution in [1.82, 2.24) is 14.5 Å². The van der Waals surface area contributed by atoms with Crippen molar-refractivity contribution >= 4 is 11.6 Å². The maximum absolute atomic E-state index is 12.9. The minimum absolute atomic E-state index is 0.0883.